The molecule has 0 saturated carbocycles. The van der Waals surface area contributed by atoms with Crippen LogP contribution in [0.2, 0.25) is 0 Å². The van der Waals surface area contributed by atoms with Crippen molar-refractivity contribution in [1.82, 2.24) is 0 Å². The Kier molecular flexibility index (Phi) is 6.44. The van der Waals surface area contributed by atoms with Gasteiger partial charge < -0.3 is 4.42 Å². The summed E-state index contributed by atoms with van der Waals surface area (Å²) in [4.78, 5) is 0. The van der Waals surface area contributed by atoms with Crippen LogP contribution in [0.3, 0.4) is 0 Å². The van der Waals surface area contributed by atoms with Gasteiger partial charge in [-0.2, -0.15) is 0 Å². The third-order valence-corrected chi connectivity index (χ3v) is 9.16. The third-order valence-electron chi connectivity index (χ3n) is 9.16. The van der Waals surface area contributed by atoms with E-state index in [-0.39, 0.29) is 5.41 Å². The van der Waals surface area contributed by atoms with Gasteiger partial charge in [-0.15, -0.1) is 0 Å². The molecule has 2 nitrogen and oxygen atoms in total. The molecule has 1 aliphatic carbocycles. The van der Waals surface area contributed by atoms with Crippen molar-refractivity contribution in [1.29, 1.82) is 0 Å². The standard InChI is InChI=1S/C38H44NO/c1-22(2)19-38(20-23(3)4)31-13-11-10-12-29(31)35-32(38)17-16-28-27-15-14-25(7)34(36(27)40-37(28)35)33-18-26(8)30(24(5)6)21-39(33)9/h10-18,21-24H,19-20H2,1-9H3/q+1. The number of nitrogens with zero attached hydrogens (tertiary/aromatic N) is 1. The smallest absolute Gasteiger partial charge is 0.216 e. The lowest BCUT2D eigenvalue weighted by atomic mass is 9.68. The number of benzene rings is 3. The molecule has 3 aromatic carbocycles. The van der Waals surface area contributed by atoms with Gasteiger partial charge in [-0.3, -0.25) is 0 Å². The molecule has 40 heavy (non-hydrogen) atoms. The first kappa shape index (κ1) is 26.8. The highest BCUT2D eigenvalue weighted by atomic mass is 16.3. The Morgan fingerprint density at radius 2 is 1.35 bits per heavy atom. The summed E-state index contributed by atoms with van der Waals surface area (Å²) >= 11 is 0. The maximum atomic E-state index is 7.08. The monoisotopic (exact) mass is 530 g/mol. The maximum Gasteiger partial charge on any atom is 0.216 e. The van der Waals surface area contributed by atoms with Crippen LogP contribution in [0.15, 0.2) is 65.2 Å². The van der Waals surface area contributed by atoms with Crippen molar-refractivity contribution in [2.45, 2.75) is 79.6 Å². The van der Waals surface area contributed by atoms with Gasteiger partial charge >= 0.3 is 0 Å². The minimum Gasteiger partial charge on any atom is -0.454 e. The number of furan rings is 1. The zero-order chi connectivity index (χ0) is 28.5. The fourth-order valence-corrected chi connectivity index (χ4v) is 7.79. The summed E-state index contributed by atoms with van der Waals surface area (Å²) in [5.41, 5.74) is 14.0. The van der Waals surface area contributed by atoms with Crippen LogP contribution in [0.4, 0.5) is 0 Å². The molecule has 0 atom stereocenters. The van der Waals surface area contributed by atoms with Crippen LogP contribution < -0.4 is 4.57 Å². The molecule has 1 aliphatic rings. The van der Waals surface area contributed by atoms with E-state index < -0.39 is 0 Å². The van der Waals surface area contributed by atoms with Crippen LogP contribution in [-0.4, -0.2) is 0 Å². The van der Waals surface area contributed by atoms with Crippen molar-refractivity contribution in [2.75, 3.05) is 0 Å². The minimum absolute atomic E-state index is 0.0103. The lowest BCUT2D eigenvalue weighted by Gasteiger charge is -2.35. The number of aromatic nitrogens is 1. The van der Waals surface area contributed by atoms with Gasteiger partial charge in [-0.05, 0) is 72.3 Å². The topological polar surface area (TPSA) is 17.0 Å². The second-order valence-corrected chi connectivity index (χ2v) is 13.5. The van der Waals surface area contributed by atoms with Gasteiger partial charge in [0.2, 0.25) is 5.69 Å². The SMILES string of the molecule is Cc1cc(-c2c(C)ccc3c2oc2c4c(ccc23)C(CC(C)C)(CC(C)C)c2ccccc2-4)[n+](C)cc1C(C)C. The van der Waals surface area contributed by atoms with E-state index in [1.165, 1.54) is 61.0 Å². The number of hydrogen-bond donors (Lipinski definition) is 0. The number of hydrogen-bond acceptors (Lipinski definition) is 1. The van der Waals surface area contributed by atoms with E-state index in [9.17, 15) is 0 Å². The van der Waals surface area contributed by atoms with Crippen LogP contribution in [0.5, 0.6) is 0 Å². The molecule has 5 aromatic rings. The van der Waals surface area contributed by atoms with Gasteiger partial charge in [0.05, 0.1) is 5.56 Å². The highest BCUT2D eigenvalue weighted by molar-refractivity contribution is 6.14. The predicted octanol–water partition coefficient (Wildman–Crippen LogP) is 10.2. The number of aryl methyl sites for hydroxylation is 3. The molecule has 0 bridgehead atoms. The summed E-state index contributed by atoms with van der Waals surface area (Å²) in [7, 11) is 2.17. The fraction of sp³-hybridized carbons (Fsp3) is 0.395. The van der Waals surface area contributed by atoms with Crippen molar-refractivity contribution in [2.24, 2.45) is 18.9 Å². The van der Waals surface area contributed by atoms with Crippen molar-refractivity contribution in [3.8, 4) is 22.4 Å². The molecule has 0 spiro atoms. The molecule has 206 valence electrons. The Hall–Kier alpha value is -3.39. The van der Waals surface area contributed by atoms with Gasteiger partial charge in [0.1, 0.15) is 18.2 Å². The van der Waals surface area contributed by atoms with Crippen LogP contribution >= 0.6 is 0 Å². The van der Waals surface area contributed by atoms with E-state index in [2.05, 4.69) is 128 Å². The number of pyridine rings is 1. The van der Waals surface area contributed by atoms with Crippen molar-refractivity contribution in [3.05, 3.63) is 88.6 Å². The van der Waals surface area contributed by atoms with E-state index in [0.717, 1.165) is 24.0 Å². The molecule has 2 heteroatoms. The lowest BCUT2D eigenvalue weighted by molar-refractivity contribution is -0.660. The van der Waals surface area contributed by atoms with Gasteiger partial charge in [-0.25, -0.2) is 4.57 Å². The van der Waals surface area contributed by atoms with Gasteiger partial charge in [0.25, 0.3) is 0 Å². The first-order valence-electron chi connectivity index (χ1n) is 15.1. The van der Waals surface area contributed by atoms with Crippen molar-refractivity contribution < 1.29 is 8.98 Å². The number of fused-ring (bicyclic) bond motifs is 7. The van der Waals surface area contributed by atoms with E-state index >= 15 is 0 Å². The highest BCUT2D eigenvalue weighted by Crippen LogP contribution is 2.57. The van der Waals surface area contributed by atoms with E-state index in [0.29, 0.717) is 17.8 Å². The Morgan fingerprint density at radius 3 is 2.00 bits per heavy atom. The third kappa shape index (κ3) is 3.94. The van der Waals surface area contributed by atoms with Gasteiger partial charge in [0, 0.05) is 33.4 Å². The average Bonchev–Trinajstić information content (AvgIpc) is 3.38. The van der Waals surface area contributed by atoms with E-state index in [1.807, 2.05) is 0 Å². The second kappa shape index (κ2) is 9.61. The molecular formula is C38H44NO+. The largest absolute Gasteiger partial charge is 0.454 e. The zero-order valence-corrected chi connectivity index (χ0v) is 25.8. The molecule has 0 N–H and O–H groups in total. The Labute approximate surface area is 240 Å². The first-order valence-corrected chi connectivity index (χ1v) is 15.1. The number of rotatable bonds is 6. The molecule has 0 amide bonds. The van der Waals surface area contributed by atoms with Crippen LogP contribution in [-0.2, 0) is 12.5 Å². The molecule has 0 aliphatic heterocycles. The predicted molar refractivity (Wildman–Crippen MR) is 169 cm³/mol. The zero-order valence-electron chi connectivity index (χ0n) is 25.8. The summed E-state index contributed by atoms with van der Waals surface area (Å²) in [6, 6.07) is 20.8. The van der Waals surface area contributed by atoms with Crippen molar-refractivity contribution >= 4 is 21.9 Å². The molecular weight excluding hydrogens is 486 g/mol. The van der Waals surface area contributed by atoms with Crippen LogP contribution in [0.1, 0.15) is 88.1 Å². The molecule has 2 aromatic heterocycles. The molecule has 2 heterocycles. The molecule has 0 unspecified atom stereocenters. The molecule has 6 rings (SSSR count). The van der Waals surface area contributed by atoms with Gasteiger partial charge in [-0.1, -0.05) is 90.1 Å². The van der Waals surface area contributed by atoms with E-state index in [4.69, 9.17) is 4.42 Å². The highest BCUT2D eigenvalue weighted by Gasteiger charge is 2.45. The first-order chi connectivity index (χ1) is 19.0. The minimum atomic E-state index is 0.0103. The Morgan fingerprint density at radius 1 is 0.725 bits per heavy atom. The van der Waals surface area contributed by atoms with E-state index in [1.54, 1.807) is 0 Å². The van der Waals surface area contributed by atoms with Crippen LogP contribution in [0.25, 0.3) is 44.3 Å². The fourth-order valence-electron chi connectivity index (χ4n) is 7.79. The lowest BCUT2D eigenvalue weighted by Crippen LogP contribution is -2.32. The average molecular weight is 531 g/mol. The van der Waals surface area contributed by atoms with Crippen molar-refractivity contribution in [3.63, 3.8) is 0 Å². The summed E-state index contributed by atoms with van der Waals surface area (Å²) in [6.45, 7) is 18.4. The maximum absolute atomic E-state index is 7.08. The summed E-state index contributed by atoms with van der Waals surface area (Å²) in [6.07, 6.45) is 4.58. The quantitative estimate of drug-likeness (QED) is 0.200. The van der Waals surface area contributed by atoms with Crippen LogP contribution in [0, 0.1) is 25.7 Å². The molecule has 0 radical (unpaired) electrons. The molecule has 0 saturated heterocycles. The summed E-state index contributed by atoms with van der Waals surface area (Å²) in [5, 5.41) is 2.42. The van der Waals surface area contributed by atoms with Gasteiger partial charge in [0.15, 0.2) is 6.20 Å². The Bertz CT molecular complexity index is 1750. The summed E-state index contributed by atoms with van der Waals surface area (Å²) < 4.78 is 9.37. The second-order valence-electron chi connectivity index (χ2n) is 13.5. The summed E-state index contributed by atoms with van der Waals surface area (Å²) in [5.74, 6) is 1.67. The Balaban J connectivity index is 1.68. The normalized spacial score (nSPS) is 14.2. The molecule has 0 fully saturated rings.